The van der Waals surface area contributed by atoms with Gasteiger partial charge in [0.05, 0.1) is 11.6 Å². The molecule has 0 atom stereocenters. The molecule has 0 aliphatic heterocycles. The van der Waals surface area contributed by atoms with E-state index in [-0.39, 0.29) is 0 Å². The predicted molar refractivity (Wildman–Crippen MR) is 77.0 cm³/mol. The number of benzene rings is 1. The Morgan fingerprint density at radius 1 is 1.32 bits per heavy atom. The van der Waals surface area contributed by atoms with Crippen LogP contribution >= 0.6 is 0 Å². The van der Waals surface area contributed by atoms with Crippen LogP contribution in [0.4, 0.5) is 5.69 Å². The molecule has 3 rings (SSSR count). The lowest BCUT2D eigenvalue weighted by Gasteiger charge is -2.27. The summed E-state index contributed by atoms with van der Waals surface area (Å²) in [5.41, 5.74) is 8.88. The van der Waals surface area contributed by atoms with Crippen LogP contribution in [0, 0.1) is 12.8 Å². The second-order valence-electron chi connectivity index (χ2n) is 5.73. The first-order valence-corrected chi connectivity index (χ1v) is 7.03. The van der Waals surface area contributed by atoms with E-state index in [1.165, 1.54) is 0 Å². The molecule has 19 heavy (non-hydrogen) atoms. The maximum atomic E-state index is 9.19. The average molecular weight is 259 g/mol. The number of anilines is 1. The molecule has 1 aliphatic carbocycles. The molecule has 0 bridgehead atoms. The van der Waals surface area contributed by atoms with Crippen molar-refractivity contribution in [1.29, 1.82) is 0 Å². The van der Waals surface area contributed by atoms with E-state index >= 15 is 0 Å². The number of hydrogen-bond acceptors (Lipinski definition) is 3. The molecule has 102 valence electrons. The Kier molecular flexibility index (Phi) is 3.19. The van der Waals surface area contributed by atoms with E-state index in [1.54, 1.807) is 0 Å². The smallest absolute Gasteiger partial charge is 0.0927 e. The Morgan fingerprint density at radius 2 is 2.05 bits per heavy atom. The van der Waals surface area contributed by atoms with Crippen LogP contribution in [0.15, 0.2) is 18.3 Å². The van der Waals surface area contributed by atoms with E-state index in [0.29, 0.717) is 18.6 Å². The summed E-state index contributed by atoms with van der Waals surface area (Å²) in [5, 5.41) is 15.0. The number of rotatable bonds is 2. The molecule has 0 radical (unpaired) electrons. The fourth-order valence-electron chi connectivity index (χ4n) is 2.99. The van der Waals surface area contributed by atoms with Crippen molar-refractivity contribution in [3.05, 3.63) is 23.9 Å². The molecule has 1 aliphatic rings. The van der Waals surface area contributed by atoms with Crippen molar-refractivity contribution in [3.8, 4) is 0 Å². The quantitative estimate of drug-likeness (QED) is 0.815. The van der Waals surface area contributed by atoms with Crippen molar-refractivity contribution >= 4 is 16.6 Å². The maximum absolute atomic E-state index is 9.19. The summed E-state index contributed by atoms with van der Waals surface area (Å²) >= 11 is 0. The van der Waals surface area contributed by atoms with Gasteiger partial charge in [0.2, 0.25) is 0 Å². The summed E-state index contributed by atoms with van der Waals surface area (Å²) in [6, 6.07) is 4.53. The first-order valence-electron chi connectivity index (χ1n) is 7.03. The zero-order valence-corrected chi connectivity index (χ0v) is 11.3. The number of aromatic nitrogens is 2. The second kappa shape index (κ2) is 4.85. The lowest BCUT2D eigenvalue weighted by atomic mass is 9.87. The Morgan fingerprint density at radius 3 is 2.74 bits per heavy atom. The Bertz CT molecular complexity index is 543. The van der Waals surface area contributed by atoms with E-state index in [1.807, 2.05) is 13.0 Å². The molecule has 1 fully saturated rings. The van der Waals surface area contributed by atoms with Crippen LogP contribution in [0.5, 0.6) is 0 Å². The Labute approximate surface area is 113 Å². The number of hydrogen-bond donors (Lipinski definition) is 2. The van der Waals surface area contributed by atoms with Crippen LogP contribution in [0.2, 0.25) is 0 Å². The van der Waals surface area contributed by atoms with Crippen LogP contribution in [0.1, 0.15) is 37.3 Å². The molecule has 1 saturated carbocycles. The summed E-state index contributed by atoms with van der Waals surface area (Å²) in [6.45, 7) is 2.34. The molecule has 0 amide bonds. The zero-order chi connectivity index (χ0) is 13.4. The van der Waals surface area contributed by atoms with Crippen LogP contribution in [0.3, 0.4) is 0 Å². The molecule has 1 aromatic heterocycles. The number of aliphatic hydroxyl groups is 1. The van der Waals surface area contributed by atoms with Gasteiger partial charge in [-0.15, -0.1) is 0 Å². The SMILES string of the molecule is Cc1cc2nn(C3CCC(CO)CC3)cc2cc1N. The third kappa shape index (κ3) is 2.32. The predicted octanol–water partition coefficient (Wildman–Crippen LogP) is 2.65. The molecule has 1 aromatic carbocycles. The van der Waals surface area contributed by atoms with E-state index in [9.17, 15) is 5.11 Å². The van der Waals surface area contributed by atoms with Crippen molar-refractivity contribution in [2.24, 2.45) is 5.92 Å². The van der Waals surface area contributed by atoms with Gasteiger partial charge in [-0.2, -0.15) is 5.10 Å². The van der Waals surface area contributed by atoms with Gasteiger partial charge in [0.1, 0.15) is 0 Å². The van der Waals surface area contributed by atoms with Crippen LogP contribution < -0.4 is 5.73 Å². The summed E-state index contributed by atoms with van der Waals surface area (Å²) in [4.78, 5) is 0. The van der Waals surface area contributed by atoms with Crippen molar-refractivity contribution in [3.63, 3.8) is 0 Å². The Balaban J connectivity index is 1.86. The molecule has 0 unspecified atom stereocenters. The largest absolute Gasteiger partial charge is 0.398 e. The fraction of sp³-hybridized carbons (Fsp3) is 0.533. The first kappa shape index (κ1) is 12.5. The topological polar surface area (TPSA) is 64.1 Å². The van der Waals surface area contributed by atoms with Gasteiger partial charge in [-0.05, 0) is 56.2 Å². The highest BCUT2D eigenvalue weighted by atomic mass is 16.3. The number of nitrogens with two attached hydrogens (primary N) is 1. The average Bonchev–Trinajstić information content (AvgIpc) is 2.82. The molecule has 0 spiro atoms. The summed E-state index contributed by atoms with van der Waals surface area (Å²) < 4.78 is 2.09. The minimum atomic E-state index is 0.323. The lowest BCUT2D eigenvalue weighted by Crippen LogP contribution is -2.20. The molecule has 4 nitrogen and oxygen atoms in total. The van der Waals surface area contributed by atoms with E-state index < -0.39 is 0 Å². The summed E-state index contributed by atoms with van der Waals surface area (Å²) in [6.07, 6.45) is 6.51. The monoisotopic (exact) mass is 259 g/mol. The van der Waals surface area contributed by atoms with Gasteiger partial charge in [-0.25, -0.2) is 0 Å². The standard InChI is InChI=1S/C15H21N3O/c1-10-6-15-12(7-14(10)16)8-18(17-15)13-4-2-11(9-19)3-5-13/h6-8,11,13,19H,2-5,9,16H2,1H3. The van der Waals surface area contributed by atoms with Crippen LogP contribution in [0.25, 0.3) is 10.9 Å². The minimum absolute atomic E-state index is 0.323. The number of nitrogen functional groups attached to an aromatic ring is 1. The number of aliphatic hydroxyl groups excluding tert-OH is 1. The van der Waals surface area contributed by atoms with Gasteiger partial charge in [0, 0.05) is 23.9 Å². The summed E-state index contributed by atoms with van der Waals surface area (Å²) in [7, 11) is 0. The Hall–Kier alpha value is -1.55. The molecule has 0 saturated heterocycles. The molecule has 2 aromatic rings. The maximum Gasteiger partial charge on any atom is 0.0927 e. The highest BCUT2D eigenvalue weighted by molar-refractivity contribution is 5.83. The van der Waals surface area contributed by atoms with Crippen molar-refractivity contribution < 1.29 is 5.11 Å². The highest BCUT2D eigenvalue weighted by Gasteiger charge is 2.22. The lowest BCUT2D eigenvalue weighted by molar-refractivity contribution is 0.165. The van der Waals surface area contributed by atoms with Crippen LogP contribution in [-0.2, 0) is 0 Å². The zero-order valence-electron chi connectivity index (χ0n) is 11.3. The van der Waals surface area contributed by atoms with Crippen LogP contribution in [-0.4, -0.2) is 21.5 Å². The van der Waals surface area contributed by atoms with E-state index in [2.05, 4.69) is 22.0 Å². The van der Waals surface area contributed by atoms with Gasteiger partial charge >= 0.3 is 0 Å². The number of aryl methyl sites for hydroxylation is 1. The normalized spacial score (nSPS) is 23.9. The van der Waals surface area contributed by atoms with Gasteiger partial charge in [0.15, 0.2) is 0 Å². The molecular formula is C15H21N3O. The molecule has 1 heterocycles. The highest BCUT2D eigenvalue weighted by Crippen LogP contribution is 2.32. The third-order valence-electron chi connectivity index (χ3n) is 4.36. The third-order valence-corrected chi connectivity index (χ3v) is 4.36. The summed E-state index contributed by atoms with van der Waals surface area (Å²) in [5.74, 6) is 0.485. The first-order chi connectivity index (χ1) is 9.17. The van der Waals surface area contributed by atoms with E-state index in [0.717, 1.165) is 47.8 Å². The van der Waals surface area contributed by atoms with Crippen molar-refractivity contribution in [2.75, 3.05) is 12.3 Å². The molecule has 3 N–H and O–H groups in total. The van der Waals surface area contributed by atoms with Crippen molar-refractivity contribution in [2.45, 2.75) is 38.6 Å². The second-order valence-corrected chi connectivity index (χ2v) is 5.73. The number of fused-ring (bicyclic) bond motifs is 1. The van der Waals surface area contributed by atoms with E-state index in [4.69, 9.17) is 5.73 Å². The number of nitrogens with zero attached hydrogens (tertiary/aromatic N) is 2. The van der Waals surface area contributed by atoms with Gasteiger partial charge in [-0.3, -0.25) is 4.68 Å². The molecule has 4 heteroatoms. The molecular weight excluding hydrogens is 238 g/mol. The van der Waals surface area contributed by atoms with Gasteiger partial charge < -0.3 is 10.8 Å². The van der Waals surface area contributed by atoms with Gasteiger partial charge in [-0.1, -0.05) is 0 Å². The van der Waals surface area contributed by atoms with Gasteiger partial charge in [0.25, 0.3) is 0 Å². The van der Waals surface area contributed by atoms with Crippen molar-refractivity contribution in [1.82, 2.24) is 9.78 Å². The minimum Gasteiger partial charge on any atom is -0.398 e. The fourth-order valence-corrected chi connectivity index (χ4v) is 2.99.